The summed E-state index contributed by atoms with van der Waals surface area (Å²) in [7, 11) is 2.71. The number of fused-ring (bicyclic) bond motifs is 4. The van der Waals surface area contributed by atoms with Gasteiger partial charge in [-0.05, 0) is 84.4 Å². The van der Waals surface area contributed by atoms with Gasteiger partial charge in [0, 0.05) is 44.5 Å². The molecule has 2 aromatic heterocycles. The van der Waals surface area contributed by atoms with Crippen LogP contribution in [0, 0.1) is 25.7 Å². The van der Waals surface area contributed by atoms with Crippen LogP contribution >= 0.6 is 0 Å². The van der Waals surface area contributed by atoms with Crippen LogP contribution in [0.5, 0.6) is 34.5 Å². The SMILES string of the molecule is COc1cccc2c(O)c(/C=C3\C(=O)C(O)=C(C(C)C)c4cc(C)c(-c5c(C)cc6c(c5O)/C(=C/c5c(O)c7cccc(OC)c7oc5=O)C(=O)C(O)=C6C(C)C)c(O)c43)c(=O)oc12. The number of ketones is 2. The average molecular weight is 867 g/mol. The van der Waals surface area contributed by atoms with E-state index in [1.165, 1.54) is 38.5 Å². The van der Waals surface area contributed by atoms with Crippen LogP contribution in [0.3, 0.4) is 0 Å². The van der Waals surface area contributed by atoms with E-state index in [4.69, 9.17) is 18.3 Å². The Balaban J connectivity index is 1.44. The Kier molecular flexibility index (Phi) is 10.3. The third-order valence-electron chi connectivity index (χ3n) is 11.8. The number of aliphatic hydroxyl groups is 2. The van der Waals surface area contributed by atoms with Crippen molar-refractivity contribution < 1.29 is 58.5 Å². The second kappa shape index (κ2) is 15.4. The minimum absolute atomic E-state index is 0.0175. The standard InChI is InChI=1S/C50H42O14/c1-19(2)33-25-15-21(5)35(43(55)37(25)27(41(53)45(33)57)17-29-39(51)23-11-9-13-31(61-7)47(23)63-49(29)59)36-22(6)16-26-34(20(3)4)46(58)42(54)28(38(26)44(36)56)18-30-40(52)24-12-10-14-32(62-8)48(24)64-50(30)60/h9-20,51-52,55-58H,1-8H3/b27-17-,28-18-. The van der Waals surface area contributed by atoms with Gasteiger partial charge < -0.3 is 48.9 Å². The number of carbonyl (C=O) groups excluding carboxylic acids is 2. The summed E-state index contributed by atoms with van der Waals surface area (Å²) in [4.78, 5) is 55.6. The van der Waals surface area contributed by atoms with E-state index in [0.29, 0.717) is 11.1 Å². The molecule has 14 heteroatoms. The number of phenolic OH excluding ortho intramolecular Hbond substituents is 2. The Morgan fingerprint density at radius 3 is 1.22 bits per heavy atom. The van der Waals surface area contributed by atoms with Crippen molar-refractivity contribution in [1.29, 1.82) is 0 Å². The van der Waals surface area contributed by atoms with E-state index in [0.717, 1.165) is 12.2 Å². The summed E-state index contributed by atoms with van der Waals surface area (Å²) >= 11 is 0. The maximum absolute atomic E-state index is 14.3. The van der Waals surface area contributed by atoms with Crippen molar-refractivity contribution in [2.75, 3.05) is 14.2 Å². The lowest BCUT2D eigenvalue weighted by molar-refractivity contribution is -0.113. The molecule has 0 spiro atoms. The number of aromatic hydroxyl groups is 4. The third-order valence-corrected chi connectivity index (χ3v) is 11.8. The highest BCUT2D eigenvalue weighted by Gasteiger charge is 2.39. The van der Waals surface area contributed by atoms with Gasteiger partial charge >= 0.3 is 11.3 Å². The number of para-hydroxylation sites is 2. The molecule has 0 amide bonds. The van der Waals surface area contributed by atoms with Crippen molar-refractivity contribution in [3.63, 3.8) is 0 Å². The second-order valence-corrected chi connectivity index (χ2v) is 16.3. The maximum atomic E-state index is 14.3. The number of rotatable bonds is 7. The number of phenols is 2. The van der Waals surface area contributed by atoms with Crippen LogP contribution in [0.2, 0.25) is 0 Å². The zero-order chi connectivity index (χ0) is 46.4. The minimum atomic E-state index is -1.06. The summed E-state index contributed by atoms with van der Waals surface area (Å²) in [5.41, 5.74) is -2.79. The van der Waals surface area contributed by atoms with Gasteiger partial charge in [-0.25, -0.2) is 9.59 Å². The van der Waals surface area contributed by atoms with Crippen molar-refractivity contribution >= 4 is 67.9 Å². The fourth-order valence-electron chi connectivity index (χ4n) is 8.89. The van der Waals surface area contributed by atoms with E-state index >= 15 is 0 Å². The topological polar surface area (TPSA) is 234 Å². The van der Waals surface area contributed by atoms with Crippen molar-refractivity contribution in [2.45, 2.75) is 41.5 Å². The van der Waals surface area contributed by atoms with E-state index in [9.17, 15) is 49.8 Å². The molecule has 0 unspecified atom stereocenters. The van der Waals surface area contributed by atoms with Crippen molar-refractivity contribution in [1.82, 2.24) is 0 Å². The summed E-state index contributed by atoms with van der Waals surface area (Å²) in [6.07, 6.45) is 2.04. The first-order valence-electron chi connectivity index (χ1n) is 20.1. The number of methoxy groups -OCH3 is 2. The molecule has 0 radical (unpaired) electrons. The molecular formula is C50H42O14. The van der Waals surface area contributed by atoms with Crippen LogP contribution in [0.15, 0.2) is 78.5 Å². The molecule has 2 aliphatic rings. The summed E-state index contributed by atoms with van der Waals surface area (Å²) in [6, 6.07) is 12.3. The molecule has 8 rings (SSSR count). The number of benzene rings is 4. The third kappa shape index (κ3) is 6.23. The fraction of sp³-hybridized carbons (Fsp3) is 0.200. The van der Waals surface area contributed by atoms with E-state index in [2.05, 4.69) is 0 Å². The molecule has 4 aromatic carbocycles. The molecule has 0 saturated carbocycles. The molecule has 326 valence electrons. The molecular weight excluding hydrogens is 825 g/mol. The van der Waals surface area contributed by atoms with E-state index in [-0.39, 0.29) is 78.0 Å². The monoisotopic (exact) mass is 866 g/mol. The number of hydrogen-bond acceptors (Lipinski definition) is 14. The van der Waals surface area contributed by atoms with Crippen LogP contribution < -0.4 is 20.7 Å². The van der Waals surface area contributed by atoms with Crippen LogP contribution in [-0.2, 0) is 9.59 Å². The maximum Gasteiger partial charge on any atom is 0.347 e. The summed E-state index contributed by atoms with van der Waals surface area (Å²) in [5.74, 6) is -6.17. The molecule has 2 heterocycles. The Hall–Kier alpha value is -8.00. The second-order valence-electron chi connectivity index (χ2n) is 16.3. The van der Waals surface area contributed by atoms with Gasteiger partial charge in [0.25, 0.3) is 0 Å². The highest BCUT2D eigenvalue weighted by molar-refractivity contribution is 6.38. The summed E-state index contributed by atoms with van der Waals surface area (Å²) < 4.78 is 21.7. The molecule has 0 aliphatic heterocycles. The van der Waals surface area contributed by atoms with Gasteiger partial charge in [-0.1, -0.05) is 52.0 Å². The Labute approximate surface area is 364 Å². The van der Waals surface area contributed by atoms with Crippen LogP contribution in [0.4, 0.5) is 0 Å². The number of carbonyl (C=O) groups is 2. The van der Waals surface area contributed by atoms with Gasteiger partial charge in [0.2, 0.25) is 11.6 Å². The lowest BCUT2D eigenvalue weighted by Crippen LogP contribution is -2.20. The van der Waals surface area contributed by atoms with E-state index in [1.807, 2.05) is 0 Å². The first-order valence-corrected chi connectivity index (χ1v) is 20.1. The lowest BCUT2D eigenvalue weighted by Gasteiger charge is -2.29. The predicted octanol–water partition coefficient (Wildman–Crippen LogP) is 9.12. The highest BCUT2D eigenvalue weighted by atomic mass is 16.5. The van der Waals surface area contributed by atoms with Crippen molar-refractivity contribution in [3.8, 4) is 45.6 Å². The highest BCUT2D eigenvalue weighted by Crippen LogP contribution is 2.54. The minimum Gasteiger partial charge on any atom is -0.507 e. The zero-order valence-electron chi connectivity index (χ0n) is 35.9. The predicted molar refractivity (Wildman–Crippen MR) is 241 cm³/mol. The molecule has 0 bridgehead atoms. The molecule has 14 nitrogen and oxygen atoms in total. The van der Waals surface area contributed by atoms with Gasteiger partial charge in [-0.2, -0.15) is 0 Å². The molecule has 64 heavy (non-hydrogen) atoms. The van der Waals surface area contributed by atoms with Gasteiger partial charge in [0.05, 0.1) is 25.0 Å². The van der Waals surface area contributed by atoms with Crippen molar-refractivity contribution in [2.24, 2.45) is 11.8 Å². The molecule has 0 saturated heterocycles. The Bertz CT molecular complexity index is 3130. The molecule has 6 aromatic rings. The average Bonchev–Trinajstić information content (AvgIpc) is 3.24. The first-order chi connectivity index (χ1) is 30.3. The van der Waals surface area contributed by atoms with Crippen molar-refractivity contribution in [3.05, 3.63) is 125 Å². The zero-order valence-corrected chi connectivity index (χ0v) is 35.9. The Morgan fingerprint density at radius 2 is 0.891 bits per heavy atom. The van der Waals surface area contributed by atoms with E-state index in [1.54, 1.807) is 65.8 Å². The normalized spacial score (nSPS) is 15.3. The van der Waals surface area contributed by atoms with Gasteiger partial charge in [0.1, 0.15) is 34.1 Å². The number of aliphatic hydroxyl groups excluding tert-OH is 2. The summed E-state index contributed by atoms with van der Waals surface area (Å²) in [5, 5.41) is 71.1. The quantitative estimate of drug-likeness (QED) is 0.0649. The number of aryl methyl sites for hydroxylation is 2. The lowest BCUT2D eigenvalue weighted by atomic mass is 9.75. The van der Waals surface area contributed by atoms with E-state index < -0.39 is 91.4 Å². The van der Waals surface area contributed by atoms with Crippen LogP contribution in [0.1, 0.15) is 72.2 Å². The molecule has 0 atom stereocenters. The van der Waals surface area contributed by atoms with Gasteiger partial charge in [-0.3, -0.25) is 9.59 Å². The first kappa shape index (κ1) is 42.7. The molecule has 2 aliphatic carbocycles. The molecule has 6 N–H and O–H groups in total. The number of allylic oxidation sites excluding steroid dienone is 4. The Morgan fingerprint density at radius 1 is 0.531 bits per heavy atom. The van der Waals surface area contributed by atoms with Crippen LogP contribution in [0.25, 0.3) is 67.5 Å². The number of hydrogen-bond donors (Lipinski definition) is 6. The fourth-order valence-corrected chi connectivity index (χ4v) is 8.89. The molecule has 0 fully saturated rings. The summed E-state index contributed by atoms with van der Waals surface area (Å²) in [6.45, 7) is 10.2. The smallest absolute Gasteiger partial charge is 0.347 e. The van der Waals surface area contributed by atoms with Gasteiger partial charge in [-0.15, -0.1) is 0 Å². The number of ether oxygens (including phenoxy) is 2. The largest absolute Gasteiger partial charge is 0.507 e. The van der Waals surface area contributed by atoms with Crippen LogP contribution in [-0.4, -0.2) is 56.4 Å². The van der Waals surface area contributed by atoms with Gasteiger partial charge in [0.15, 0.2) is 34.2 Å². The number of Topliss-reactive ketones (excluding diaryl/α,β-unsaturated/α-hetero) is 2.